The first-order valence-corrected chi connectivity index (χ1v) is 6.58. The van der Waals surface area contributed by atoms with Crippen LogP contribution in [0.2, 0.25) is 0 Å². The Morgan fingerprint density at radius 3 is 2.42 bits per heavy atom. The molecule has 0 spiro atoms. The van der Waals surface area contributed by atoms with Crippen LogP contribution in [0.15, 0.2) is 48.5 Å². The lowest BCUT2D eigenvalue weighted by molar-refractivity contribution is 0.306. The maximum absolute atomic E-state index is 8.67. The van der Waals surface area contributed by atoms with Crippen LogP contribution in [-0.2, 0) is 18.9 Å². The molecule has 0 aliphatic heterocycles. The van der Waals surface area contributed by atoms with E-state index in [-0.39, 0.29) is 0 Å². The lowest BCUT2D eigenvalue weighted by Crippen LogP contribution is -1.96. The van der Waals surface area contributed by atoms with Crippen molar-refractivity contribution in [1.82, 2.24) is 0 Å². The monoisotopic (exact) mass is 271 g/mol. The van der Waals surface area contributed by atoms with Gasteiger partial charge >= 0.3 is 0 Å². The van der Waals surface area contributed by atoms with Gasteiger partial charge in [0.1, 0.15) is 12.4 Å². The van der Waals surface area contributed by atoms with Crippen LogP contribution in [-0.4, -0.2) is 0 Å². The molecular weight excluding hydrogens is 258 g/mol. The van der Waals surface area contributed by atoms with Gasteiger partial charge in [-0.15, -0.1) is 11.6 Å². The molecule has 0 aliphatic carbocycles. The molecule has 0 amide bonds. The molecule has 0 saturated heterocycles. The molecule has 0 bridgehead atoms. The van der Waals surface area contributed by atoms with E-state index in [0.717, 1.165) is 22.4 Å². The SMILES string of the molecule is N#CCc1cccc(OCc2ccc(CCl)cc2)c1. The second kappa shape index (κ2) is 6.82. The van der Waals surface area contributed by atoms with Gasteiger partial charge in [-0.1, -0.05) is 36.4 Å². The predicted molar refractivity (Wildman–Crippen MR) is 76.1 cm³/mol. The zero-order valence-electron chi connectivity index (χ0n) is 10.5. The van der Waals surface area contributed by atoms with Gasteiger partial charge in [-0.25, -0.2) is 0 Å². The maximum atomic E-state index is 8.67. The van der Waals surface area contributed by atoms with E-state index < -0.39 is 0 Å². The molecule has 2 rings (SSSR count). The van der Waals surface area contributed by atoms with Gasteiger partial charge in [-0.2, -0.15) is 5.26 Å². The van der Waals surface area contributed by atoms with Crippen molar-refractivity contribution in [3.63, 3.8) is 0 Å². The van der Waals surface area contributed by atoms with Crippen LogP contribution in [0, 0.1) is 11.3 Å². The fourth-order valence-electron chi connectivity index (χ4n) is 1.73. The third-order valence-corrected chi connectivity index (χ3v) is 3.07. The van der Waals surface area contributed by atoms with Crippen LogP contribution in [0.4, 0.5) is 0 Å². The van der Waals surface area contributed by atoms with E-state index in [2.05, 4.69) is 6.07 Å². The number of hydrogen-bond donors (Lipinski definition) is 0. The summed E-state index contributed by atoms with van der Waals surface area (Å²) >= 11 is 5.74. The van der Waals surface area contributed by atoms with Gasteiger partial charge in [0.15, 0.2) is 0 Å². The van der Waals surface area contributed by atoms with Crippen molar-refractivity contribution in [2.24, 2.45) is 0 Å². The van der Waals surface area contributed by atoms with Gasteiger partial charge in [-0.3, -0.25) is 0 Å². The average Bonchev–Trinajstić information content (AvgIpc) is 2.46. The molecule has 2 nitrogen and oxygen atoms in total. The Morgan fingerprint density at radius 2 is 1.74 bits per heavy atom. The zero-order chi connectivity index (χ0) is 13.5. The van der Waals surface area contributed by atoms with Gasteiger partial charge in [-0.05, 0) is 28.8 Å². The molecular formula is C16H14ClNO. The molecule has 0 saturated carbocycles. The Kier molecular flexibility index (Phi) is 4.83. The van der Waals surface area contributed by atoms with E-state index in [1.165, 1.54) is 0 Å². The van der Waals surface area contributed by atoms with Gasteiger partial charge in [0.2, 0.25) is 0 Å². The number of alkyl halides is 1. The van der Waals surface area contributed by atoms with Crippen molar-refractivity contribution in [2.45, 2.75) is 18.9 Å². The van der Waals surface area contributed by atoms with Gasteiger partial charge < -0.3 is 4.74 Å². The zero-order valence-corrected chi connectivity index (χ0v) is 11.2. The van der Waals surface area contributed by atoms with E-state index in [1.807, 2.05) is 48.5 Å². The summed E-state index contributed by atoms with van der Waals surface area (Å²) in [6.07, 6.45) is 0.404. The Balaban J connectivity index is 1.97. The third-order valence-electron chi connectivity index (χ3n) is 2.76. The molecule has 0 fully saturated rings. The molecule has 0 heterocycles. The summed E-state index contributed by atoms with van der Waals surface area (Å²) in [5.74, 6) is 1.31. The molecule has 2 aromatic rings. The molecule has 3 heteroatoms. The molecule has 0 N–H and O–H groups in total. The van der Waals surface area contributed by atoms with Crippen molar-refractivity contribution in [3.8, 4) is 11.8 Å². The molecule has 2 aromatic carbocycles. The number of nitriles is 1. The minimum absolute atomic E-state index is 0.404. The molecule has 0 atom stereocenters. The largest absolute Gasteiger partial charge is 0.489 e. The summed E-state index contributed by atoms with van der Waals surface area (Å²) in [6, 6.07) is 17.8. The average molecular weight is 272 g/mol. The molecule has 19 heavy (non-hydrogen) atoms. The number of halogens is 1. The van der Waals surface area contributed by atoms with Gasteiger partial charge in [0.05, 0.1) is 12.5 Å². The highest BCUT2D eigenvalue weighted by Gasteiger charge is 1.98. The highest BCUT2D eigenvalue weighted by atomic mass is 35.5. The summed E-state index contributed by atoms with van der Waals surface area (Å²) in [7, 11) is 0. The minimum Gasteiger partial charge on any atom is -0.489 e. The standard InChI is InChI=1S/C16H14ClNO/c17-11-14-4-6-15(7-5-14)12-19-16-3-1-2-13(10-16)8-9-18/h1-7,10H,8,11-12H2. The van der Waals surface area contributed by atoms with Gasteiger partial charge in [0, 0.05) is 5.88 Å². The number of hydrogen-bond acceptors (Lipinski definition) is 2. The van der Waals surface area contributed by atoms with Crippen molar-refractivity contribution >= 4 is 11.6 Å². The Morgan fingerprint density at radius 1 is 1.00 bits per heavy atom. The Bertz CT molecular complexity index is 572. The van der Waals surface area contributed by atoms with Crippen molar-refractivity contribution in [3.05, 3.63) is 65.2 Å². The van der Waals surface area contributed by atoms with Crippen molar-refractivity contribution < 1.29 is 4.74 Å². The second-order valence-corrected chi connectivity index (χ2v) is 4.49. The summed E-state index contributed by atoms with van der Waals surface area (Å²) in [5.41, 5.74) is 3.17. The van der Waals surface area contributed by atoms with E-state index in [4.69, 9.17) is 21.6 Å². The molecule has 0 aliphatic rings. The first-order chi connectivity index (χ1) is 9.31. The van der Waals surface area contributed by atoms with Crippen LogP contribution in [0.3, 0.4) is 0 Å². The van der Waals surface area contributed by atoms with Crippen LogP contribution in [0.5, 0.6) is 5.75 Å². The lowest BCUT2D eigenvalue weighted by Gasteiger charge is -2.07. The smallest absolute Gasteiger partial charge is 0.120 e. The van der Waals surface area contributed by atoms with E-state index in [0.29, 0.717) is 18.9 Å². The summed E-state index contributed by atoms with van der Waals surface area (Å²) < 4.78 is 5.71. The number of ether oxygens (including phenoxy) is 1. The summed E-state index contributed by atoms with van der Waals surface area (Å²) in [5, 5.41) is 8.67. The number of benzene rings is 2. The van der Waals surface area contributed by atoms with Crippen LogP contribution in [0.1, 0.15) is 16.7 Å². The third kappa shape index (κ3) is 4.01. The lowest BCUT2D eigenvalue weighted by atomic mass is 10.1. The van der Waals surface area contributed by atoms with Crippen LogP contribution < -0.4 is 4.74 Å². The molecule has 0 unspecified atom stereocenters. The Labute approximate surface area is 118 Å². The van der Waals surface area contributed by atoms with Gasteiger partial charge in [0.25, 0.3) is 0 Å². The number of rotatable bonds is 5. The normalized spacial score (nSPS) is 9.89. The van der Waals surface area contributed by atoms with Crippen molar-refractivity contribution in [2.75, 3.05) is 0 Å². The maximum Gasteiger partial charge on any atom is 0.120 e. The van der Waals surface area contributed by atoms with E-state index in [9.17, 15) is 0 Å². The minimum atomic E-state index is 0.404. The highest BCUT2D eigenvalue weighted by Crippen LogP contribution is 2.16. The second-order valence-electron chi connectivity index (χ2n) is 4.22. The first kappa shape index (κ1) is 13.5. The molecule has 96 valence electrons. The molecule has 0 aromatic heterocycles. The summed E-state index contributed by atoms with van der Waals surface area (Å²) in [6.45, 7) is 0.512. The van der Waals surface area contributed by atoms with Crippen molar-refractivity contribution in [1.29, 1.82) is 5.26 Å². The van der Waals surface area contributed by atoms with Crippen LogP contribution in [0.25, 0.3) is 0 Å². The number of nitrogens with zero attached hydrogens (tertiary/aromatic N) is 1. The predicted octanol–water partition coefficient (Wildman–Crippen LogP) is 4.07. The quantitative estimate of drug-likeness (QED) is 0.768. The molecule has 0 radical (unpaired) electrons. The topological polar surface area (TPSA) is 33.0 Å². The fraction of sp³-hybridized carbons (Fsp3) is 0.188. The van der Waals surface area contributed by atoms with E-state index in [1.54, 1.807) is 0 Å². The fourth-order valence-corrected chi connectivity index (χ4v) is 1.91. The first-order valence-electron chi connectivity index (χ1n) is 6.04. The Hall–Kier alpha value is -1.98. The van der Waals surface area contributed by atoms with E-state index >= 15 is 0 Å². The summed E-state index contributed by atoms with van der Waals surface area (Å²) in [4.78, 5) is 0. The highest BCUT2D eigenvalue weighted by molar-refractivity contribution is 6.17. The van der Waals surface area contributed by atoms with Crippen LogP contribution >= 0.6 is 11.6 Å².